The molecule has 0 spiro atoms. The van der Waals surface area contributed by atoms with Gasteiger partial charge in [-0.05, 0) is 30.5 Å². The van der Waals surface area contributed by atoms with Crippen LogP contribution in [0.1, 0.15) is 51.6 Å². The van der Waals surface area contributed by atoms with Crippen LogP contribution in [-0.4, -0.2) is 45.2 Å². The number of amides is 2. The van der Waals surface area contributed by atoms with E-state index in [0.29, 0.717) is 36.0 Å². The number of rotatable bonds is 7. The molecule has 2 N–H and O–H groups in total. The summed E-state index contributed by atoms with van der Waals surface area (Å²) in [6.45, 7) is 3.19. The highest BCUT2D eigenvalue weighted by atomic mass is 16.5. The molecule has 30 heavy (non-hydrogen) atoms. The van der Waals surface area contributed by atoms with E-state index in [9.17, 15) is 9.59 Å². The minimum absolute atomic E-state index is 0.121. The van der Waals surface area contributed by atoms with Crippen LogP contribution in [0.3, 0.4) is 0 Å². The van der Waals surface area contributed by atoms with E-state index in [-0.39, 0.29) is 17.9 Å². The predicted octanol–water partition coefficient (Wildman–Crippen LogP) is 2.90. The fourth-order valence-corrected chi connectivity index (χ4v) is 4.41. The van der Waals surface area contributed by atoms with Gasteiger partial charge in [-0.2, -0.15) is 0 Å². The third-order valence-corrected chi connectivity index (χ3v) is 6.35. The zero-order chi connectivity index (χ0) is 21.3. The molecule has 6 nitrogen and oxygen atoms in total. The van der Waals surface area contributed by atoms with Crippen molar-refractivity contribution in [3.05, 3.63) is 64.7 Å². The van der Waals surface area contributed by atoms with Crippen LogP contribution in [0.15, 0.2) is 42.5 Å². The molecule has 0 radical (unpaired) electrons. The first-order valence-corrected chi connectivity index (χ1v) is 10.4. The Hall–Kier alpha value is -2.86. The highest BCUT2D eigenvalue weighted by Gasteiger charge is 2.44. The third kappa shape index (κ3) is 3.45. The van der Waals surface area contributed by atoms with Gasteiger partial charge in [0.15, 0.2) is 0 Å². The molecule has 1 saturated carbocycles. The summed E-state index contributed by atoms with van der Waals surface area (Å²) < 4.78 is 11.3. The molecule has 1 aliphatic heterocycles. The highest BCUT2D eigenvalue weighted by Crippen LogP contribution is 2.48. The van der Waals surface area contributed by atoms with Crippen molar-refractivity contribution in [2.45, 2.75) is 31.2 Å². The van der Waals surface area contributed by atoms with Crippen molar-refractivity contribution in [2.24, 2.45) is 5.92 Å². The van der Waals surface area contributed by atoms with Gasteiger partial charge < -0.3 is 20.1 Å². The lowest BCUT2D eigenvalue weighted by Gasteiger charge is -2.27. The van der Waals surface area contributed by atoms with E-state index in [1.165, 1.54) is 0 Å². The summed E-state index contributed by atoms with van der Waals surface area (Å²) in [6.07, 6.45) is 1.71. The Balaban J connectivity index is 1.75. The molecule has 158 valence electrons. The summed E-state index contributed by atoms with van der Waals surface area (Å²) >= 11 is 0. The molecular formula is C24H28N2O4. The highest BCUT2D eigenvalue weighted by molar-refractivity contribution is 6.02. The summed E-state index contributed by atoms with van der Waals surface area (Å²) in [5.41, 5.74) is 2.50. The van der Waals surface area contributed by atoms with E-state index in [2.05, 4.69) is 29.7 Å². The zero-order valence-electron chi connectivity index (χ0n) is 17.7. The van der Waals surface area contributed by atoms with Crippen LogP contribution >= 0.6 is 0 Å². The lowest BCUT2D eigenvalue weighted by Crippen LogP contribution is -2.30. The van der Waals surface area contributed by atoms with Gasteiger partial charge in [0.1, 0.15) is 12.4 Å². The second-order valence-corrected chi connectivity index (χ2v) is 8.10. The Kier molecular flexibility index (Phi) is 5.52. The number of hydrogen-bond acceptors (Lipinski definition) is 4. The van der Waals surface area contributed by atoms with Crippen molar-refractivity contribution < 1.29 is 19.1 Å². The topological polar surface area (TPSA) is 76.7 Å². The fourth-order valence-electron chi connectivity index (χ4n) is 4.41. The van der Waals surface area contributed by atoms with Gasteiger partial charge >= 0.3 is 0 Å². The third-order valence-electron chi connectivity index (χ3n) is 6.35. The van der Waals surface area contributed by atoms with E-state index in [1.54, 1.807) is 20.2 Å². The van der Waals surface area contributed by atoms with E-state index in [0.717, 1.165) is 24.0 Å². The van der Waals surface area contributed by atoms with Gasteiger partial charge in [0.2, 0.25) is 0 Å². The number of carbonyl (C=O) groups excluding carboxylic acids is 2. The normalized spacial score (nSPS) is 24.0. The van der Waals surface area contributed by atoms with Crippen LogP contribution < -0.4 is 15.4 Å². The molecule has 2 aromatic rings. The number of carbonyl (C=O) groups is 2. The minimum Gasteiger partial charge on any atom is -0.491 e. The number of benzene rings is 2. The van der Waals surface area contributed by atoms with E-state index >= 15 is 0 Å². The maximum absolute atomic E-state index is 13.0. The molecule has 2 amide bonds. The van der Waals surface area contributed by atoms with Gasteiger partial charge in [-0.15, -0.1) is 0 Å². The summed E-state index contributed by atoms with van der Waals surface area (Å²) in [5, 5.41) is 5.75. The largest absolute Gasteiger partial charge is 0.491 e. The van der Waals surface area contributed by atoms with Gasteiger partial charge in [0.25, 0.3) is 11.8 Å². The first-order valence-electron chi connectivity index (χ1n) is 10.4. The Morgan fingerprint density at radius 3 is 2.63 bits per heavy atom. The first-order chi connectivity index (χ1) is 14.5. The smallest absolute Gasteiger partial charge is 0.254 e. The molecular weight excluding hydrogens is 380 g/mol. The van der Waals surface area contributed by atoms with Crippen molar-refractivity contribution >= 4 is 11.8 Å². The van der Waals surface area contributed by atoms with Crippen molar-refractivity contribution in [3.63, 3.8) is 0 Å². The number of hydrogen-bond donors (Lipinski definition) is 2. The Morgan fingerprint density at radius 2 is 1.97 bits per heavy atom. The molecule has 2 aromatic carbocycles. The molecule has 1 fully saturated rings. The quantitative estimate of drug-likeness (QED) is 0.739. The number of nitrogens with one attached hydrogen (secondary N) is 2. The van der Waals surface area contributed by atoms with Gasteiger partial charge in [0, 0.05) is 37.2 Å². The summed E-state index contributed by atoms with van der Waals surface area (Å²) in [4.78, 5) is 25.6. The SMILES string of the molecule is CC[C@]1(c2ccccc2)COc2c(C(=O)NC)cc(C(=O)N[C@H]3C[C@@H]3COC)cc21. The zero-order valence-corrected chi connectivity index (χ0v) is 17.7. The minimum atomic E-state index is -0.395. The van der Waals surface area contributed by atoms with Crippen molar-refractivity contribution in [2.75, 3.05) is 27.4 Å². The van der Waals surface area contributed by atoms with E-state index in [1.807, 2.05) is 24.3 Å². The van der Waals surface area contributed by atoms with Crippen LogP contribution in [0.2, 0.25) is 0 Å². The van der Waals surface area contributed by atoms with Crippen molar-refractivity contribution in [1.29, 1.82) is 0 Å². The number of fused-ring (bicyclic) bond motifs is 1. The van der Waals surface area contributed by atoms with Gasteiger partial charge in [-0.1, -0.05) is 37.3 Å². The fraction of sp³-hybridized carbons (Fsp3) is 0.417. The lowest BCUT2D eigenvalue weighted by molar-refractivity contribution is 0.0945. The second-order valence-electron chi connectivity index (χ2n) is 8.10. The Bertz CT molecular complexity index is 959. The molecule has 0 unspecified atom stereocenters. The molecule has 0 saturated heterocycles. The summed E-state index contributed by atoms with van der Waals surface area (Å²) in [6, 6.07) is 13.8. The molecule has 1 heterocycles. The standard InChI is InChI=1S/C24H28N2O4/c1-4-24(17-8-6-5-7-9-17)14-30-21-18(23(28)25-2)10-15(11-19(21)24)22(27)26-20-12-16(20)13-29-3/h5-11,16,20H,4,12-14H2,1-3H3,(H,25,28)(H,26,27)/t16-,20+,24-/m1/s1. The molecule has 3 atom stereocenters. The Morgan fingerprint density at radius 1 is 1.20 bits per heavy atom. The Labute approximate surface area is 177 Å². The predicted molar refractivity (Wildman–Crippen MR) is 114 cm³/mol. The molecule has 6 heteroatoms. The monoisotopic (exact) mass is 408 g/mol. The van der Waals surface area contributed by atoms with Crippen LogP contribution in [0.4, 0.5) is 0 Å². The average molecular weight is 408 g/mol. The maximum Gasteiger partial charge on any atom is 0.254 e. The van der Waals surface area contributed by atoms with Crippen LogP contribution in [0, 0.1) is 5.92 Å². The summed E-state index contributed by atoms with van der Waals surface area (Å²) in [7, 11) is 3.25. The first kappa shape index (κ1) is 20.4. The number of ether oxygens (including phenoxy) is 2. The van der Waals surface area contributed by atoms with Gasteiger partial charge in [-0.3, -0.25) is 9.59 Å². The van der Waals surface area contributed by atoms with Crippen LogP contribution in [0.5, 0.6) is 5.75 Å². The van der Waals surface area contributed by atoms with Gasteiger partial charge in [-0.25, -0.2) is 0 Å². The second kappa shape index (κ2) is 8.11. The van der Waals surface area contributed by atoms with Crippen molar-refractivity contribution in [1.82, 2.24) is 10.6 Å². The van der Waals surface area contributed by atoms with Crippen molar-refractivity contribution in [3.8, 4) is 5.75 Å². The van der Waals surface area contributed by atoms with Crippen LogP contribution in [-0.2, 0) is 10.2 Å². The molecule has 4 rings (SSSR count). The van der Waals surface area contributed by atoms with Crippen LogP contribution in [0.25, 0.3) is 0 Å². The van der Waals surface area contributed by atoms with Gasteiger partial charge in [0.05, 0.1) is 17.6 Å². The molecule has 1 aliphatic carbocycles. The maximum atomic E-state index is 13.0. The summed E-state index contributed by atoms with van der Waals surface area (Å²) in [5.74, 6) is 0.496. The number of methoxy groups -OCH3 is 1. The average Bonchev–Trinajstić information content (AvgIpc) is 3.39. The lowest BCUT2D eigenvalue weighted by atomic mass is 9.73. The van der Waals surface area contributed by atoms with E-state index < -0.39 is 5.41 Å². The molecule has 0 bridgehead atoms. The molecule has 2 aliphatic rings. The van der Waals surface area contributed by atoms with E-state index in [4.69, 9.17) is 9.47 Å². The molecule has 0 aromatic heterocycles.